The van der Waals surface area contributed by atoms with Gasteiger partial charge in [0, 0.05) is 18.4 Å². The molecule has 3 amide bonds. The number of urea groups is 1. The maximum absolute atomic E-state index is 11.9. The van der Waals surface area contributed by atoms with Crippen molar-refractivity contribution in [2.24, 2.45) is 0 Å². The van der Waals surface area contributed by atoms with E-state index in [0.29, 0.717) is 13.0 Å². The van der Waals surface area contributed by atoms with Gasteiger partial charge in [0.25, 0.3) is 0 Å². The maximum Gasteiger partial charge on any atom is 0.328 e. The summed E-state index contributed by atoms with van der Waals surface area (Å²) in [7, 11) is 0. The van der Waals surface area contributed by atoms with Crippen LogP contribution in [0, 0.1) is 6.92 Å². The Morgan fingerprint density at radius 1 is 1.16 bits per heavy atom. The van der Waals surface area contributed by atoms with Crippen LogP contribution in [0.15, 0.2) is 36.4 Å². The summed E-state index contributed by atoms with van der Waals surface area (Å²) in [5, 5.41) is 4.48. The summed E-state index contributed by atoms with van der Waals surface area (Å²) < 4.78 is 0. The number of nitrogens with one attached hydrogen (secondary N) is 1. The molecule has 1 aliphatic rings. The Morgan fingerprint density at radius 3 is 2.79 bits per heavy atom. The van der Waals surface area contributed by atoms with Gasteiger partial charge >= 0.3 is 6.03 Å². The van der Waals surface area contributed by atoms with E-state index in [0.717, 1.165) is 16.5 Å². The predicted octanol–water partition coefficient (Wildman–Crippen LogP) is 2.59. The molecule has 0 saturated carbocycles. The number of nitrogens with zero attached hydrogens (tertiary/aromatic N) is 1. The molecular formula is C15H14N2O2. The highest BCUT2D eigenvalue weighted by Crippen LogP contribution is 2.28. The first-order valence-corrected chi connectivity index (χ1v) is 6.26. The number of imide groups is 1. The number of hydrogen-bond acceptors (Lipinski definition) is 2. The molecule has 1 fully saturated rings. The van der Waals surface area contributed by atoms with Crippen LogP contribution < -0.4 is 10.2 Å². The van der Waals surface area contributed by atoms with E-state index in [1.807, 2.05) is 37.3 Å². The van der Waals surface area contributed by atoms with Crippen molar-refractivity contribution < 1.29 is 9.59 Å². The molecule has 96 valence electrons. The first kappa shape index (κ1) is 11.7. The third kappa shape index (κ3) is 2.05. The molecule has 0 atom stereocenters. The third-order valence-electron chi connectivity index (χ3n) is 3.36. The fraction of sp³-hybridized carbons (Fsp3) is 0.200. The number of benzene rings is 2. The van der Waals surface area contributed by atoms with Crippen molar-refractivity contribution in [3.05, 3.63) is 42.0 Å². The van der Waals surface area contributed by atoms with Crippen molar-refractivity contribution in [3.8, 4) is 0 Å². The SMILES string of the molecule is Cc1ccc2c(N3CCC(=O)NC3=O)cccc2c1. The van der Waals surface area contributed by atoms with Crippen LogP contribution in [0.1, 0.15) is 12.0 Å². The van der Waals surface area contributed by atoms with E-state index in [4.69, 9.17) is 0 Å². The molecule has 1 N–H and O–H groups in total. The van der Waals surface area contributed by atoms with Crippen LogP contribution in [0.3, 0.4) is 0 Å². The van der Waals surface area contributed by atoms with Gasteiger partial charge in [-0.15, -0.1) is 0 Å². The number of anilines is 1. The molecule has 2 aromatic carbocycles. The Morgan fingerprint density at radius 2 is 2.00 bits per heavy atom. The van der Waals surface area contributed by atoms with Gasteiger partial charge in [-0.1, -0.05) is 35.9 Å². The topological polar surface area (TPSA) is 49.4 Å². The molecule has 19 heavy (non-hydrogen) atoms. The highest BCUT2D eigenvalue weighted by Gasteiger charge is 2.25. The van der Waals surface area contributed by atoms with Crippen molar-refractivity contribution in [3.63, 3.8) is 0 Å². The molecule has 1 saturated heterocycles. The second kappa shape index (κ2) is 4.39. The van der Waals surface area contributed by atoms with E-state index in [9.17, 15) is 9.59 Å². The predicted molar refractivity (Wildman–Crippen MR) is 74.2 cm³/mol. The number of carbonyl (C=O) groups excluding carboxylic acids is 2. The van der Waals surface area contributed by atoms with E-state index >= 15 is 0 Å². The quantitative estimate of drug-likeness (QED) is 0.850. The zero-order valence-corrected chi connectivity index (χ0v) is 10.6. The van der Waals surface area contributed by atoms with Crippen LogP contribution in [0.2, 0.25) is 0 Å². The molecule has 0 spiro atoms. The van der Waals surface area contributed by atoms with Crippen LogP contribution in [0.5, 0.6) is 0 Å². The first-order valence-electron chi connectivity index (χ1n) is 6.26. The summed E-state index contributed by atoms with van der Waals surface area (Å²) in [5.41, 5.74) is 2.03. The zero-order valence-electron chi connectivity index (χ0n) is 10.6. The summed E-state index contributed by atoms with van der Waals surface area (Å²) in [6.45, 7) is 2.47. The monoisotopic (exact) mass is 254 g/mol. The van der Waals surface area contributed by atoms with E-state index in [1.54, 1.807) is 4.90 Å². The Kier molecular flexibility index (Phi) is 2.71. The maximum atomic E-state index is 11.9. The van der Waals surface area contributed by atoms with Gasteiger partial charge in [-0.3, -0.25) is 15.0 Å². The van der Waals surface area contributed by atoms with Gasteiger partial charge < -0.3 is 0 Å². The van der Waals surface area contributed by atoms with E-state index < -0.39 is 0 Å². The number of carbonyl (C=O) groups is 2. The summed E-state index contributed by atoms with van der Waals surface area (Å²) in [5.74, 6) is -0.211. The van der Waals surface area contributed by atoms with Gasteiger partial charge in [0.05, 0.1) is 5.69 Å². The van der Waals surface area contributed by atoms with E-state index in [2.05, 4.69) is 11.4 Å². The number of aryl methyl sites for hydroxylation is 1. The molecule has 0 unspecified atom stereocenters. The molecule has 0 aliphatic carbocycles. The number of rotatable bonds is 1. The molecule has 1 heterocycles. The summed E-state index contributed by atoms with van der Waals surface area (Å²) in [4.78, 5) is 24.7. The van der Waals surface area contributed by atoms with Crippen molar-refractivity contribution in [1.29, 1.82) is 0 Å². The molecule has 0 bridgehead atoms. The van der Waals surface area contributed by atoms with Crippen LogP contribution in [0.4, 0.5) is 10.5 Å². The minimum atomic E-state index is -0.343. The first-order chi connectivity index (χ1) is 9.15. The molecule has 0 radical (unpaired) electrons. The van der Waals surface area contributed by atoms with Crippen molar-refractivity contribution in [2.75, 3.05) is 11.4 Å². The largest absolute Gasteiger partial charge is 0.328 e. The number of amides is 3. The Labute approximate surface area is 111 Å². The second-order valence-corrected chi connectivity index (χ2v) is 4.76. The molecule has 4 nitrogen and oxygen atoms in total. The molecule has 2 aromatic rings. The number of fused-ring (bicyclic) bond motifs is 1. The third-order valence-corrected chi connectivity index (χ3v) is 3.36. The lowest BCUT2D eigenvalue weighted by atomic mass is 10.0. The van der Waals surface area contributed by atoms with Crippen molar-refractivity contribution >= 4 is 28.4 Å². The van der Waals surface area contributed by atoms with Crippen LogP contribution in [0.25, 0.3) is 10.8 Å². The average Bonchev–Trinajstić information content (AvgIpc) is 2.38. The Hall–Kier alpha value is -2.36. The van der Waals surface area contributed by atoms with E-state index in [1.165, 1.54) is 5.56 Å². The fourth-order valence-electron chi connectivity index (χ4n) is 2.42. The summed E-state index contributed by atoms with van der Waals surface area (Å²) in [6.07, 6.45) is 0.341. The van der Waals surface area contributed by atoms with Gasteiger partial charge in [-0.05, 0) is 18.4 Å². The normalized spacial score (nSPS) is 15.7. The highest BCUT2D eigenvalue weighted by molar-refractivity contribution is 6.09. The van der Waals surface area contributed by atoms with Gasteiger partial charge in [0.2, 0.25) is 5.91 Å². The van der Waals surface area contributed by atoms with Gasteiger partial charge in [0.15, 0.2) is 0 Å². The molecule has 1 aliphatic heterocycles. The van der Waals surface area contributed by atoms with Crippen LogP contribution in [-0.4, -0.2) is 18.5 Å². The summed E-state index contributed by atoms with van der Waals surface area (Å²) in [6, 6.07) is 11.7. The molecule has 4 heteroatoms. The van der Waals surface area contributed by atoms with E-state index in [-0.39, 0.29) is 11.9 Å². The van der Waals surface area contributed by atoms with Crippen molar-refractivity contribution in [1.82, 2.24) is 5.32 Å². The minimum Gasteiger partial charge on any atom is -0.293 e. The second-order valence-electron chi connectivity index (χ2n) is 4.76. The lowest BCUT2D eigenvalue weighted by Crippen LogP contribution is -2.49. The van der Waals surface area contributed by atoms with Crippen LogP contribution >= 0.6 is 0 Å². The molecule has 0 aromatic heterocycles. The lowest BCUT2D eigenvalue weighted by Gasteiger charge is -2.27. The summed E-state index contributed by atoms with van der Waals surface area (Å²) >= 11 is 0. The minimum absolute atomic E-state index is 0.211. The highest BCUT2D eigenvalue weighted by atomic mass is 16.2. The Balaban J connectivity index is 2.10. The molecule has 3 rings (SSSR count). The lowest BCUT2D eigenvalue weighted by molar-refractivity contribution is -0.120. The Bertz CT molecular complexity index is 679. The van der Waals surface area contributed by atoms with Crippen molar-refractivity contribution in [2.45, 2.75) is 13.3 Å². The smallest absolute Gasteiger partial charge is 0.293 e. The molecular weight excluding hydrogens is 240 g/mol. The van der Waals surface area contributed by atoms with Gasteiger partial charge in [0.1, 0.15) is 0 Å². The zero-order chi connectivity index (χ0) is 13.4. The van der Waals surface area contributed by atoms with Gasteiger partial charge in [-0.25, -0.2) is 4.79 Å². The fourth-order valence-corrected chi connectivity index (χ4v) is 2.42. The average molecular weight is 254 g/mol. The van der Waals surface area contributed by atoms with Crippen LogP contribution in [-0.2, 0) is 4.79 Å². The number of hydrogen-bond donors (Lipinski definition) is 1. The standard InChI is InChI=1S/C15H14N2O2/c1-10-5-6-12-11(9-10)3-2-4-13(12)17-8-7-14(18)16-15(17)19/h2-6,9H,7-8H2,1H3,(H,16,18,19). The van der Waals surface area contributed by atoms with Gasteiger partial charge in [-0.2, -0.15) is 0 Å².